The van der Waals surface area contributed by atoms with Crippen LogP contribution < -0.4 is 10.6 Å². The average molecular weight is 337 g/mol. The van der Waals surface area contributed by atoms with Crippen molar-refractivity contribution >= 4 is 23.3 Å². The number of carbonyl (C=O) groups excluding carboxylic acids is 1. The summed E-state index contributed by atoms with van der Waals surface area (Å²) in [5.74, 6) is -0.327. The Hall–Kier alpha value is -1.62. The van der Waals surface area contributed by atoms with E-state index in [2.05, 4.69) is 45.3 Å². The Bertz CT molecular complexity index is 522. The van der Waals surface area contributed by atoms with E-state index in [-0.39, 0.29) is 30.1 Å². The molecule has 0 saturated heterocycles. The number of esters is 1. The fraction of sp³-hybridized carbons (Fsp3) is 0.556. The second kappa shape index (κ2) is 8.29. The maximum Gasteiger partial charge on any atom is 0.325 e. The van der Waals surface area contributed by atoms with Crippen molar-refractivity contribution in [2.75, 3.05) is 6.54 Å². The van der Waals surface area contributed by atoms with Gasteiger partial charge in [0.05, 0.1) is 0 Å². The zero-order chi connectivity index (χ0) is 17.5. The molecule has 0 saturated carbocycles. The predicted octanol–water partition coefficient (Wildman–Crippen LogP) is 3.41. The highest BCUT2D eigenvalue weighted by molar-refractivity contribution is 7.80. The third kappa shape index (κ3) is 9.18. The minimum atomic E-state index is -0.327. The monoisotopic (exact) mass is 336 g/mol. The molecule has 4 nitrogen and oxygen atoms in total. The van der Waals surface area contributed by atoms with Gasteiger partial charge in [-0.3, -0.25) is 4.79 Å². The average Bonchev–Trinajstić information content (AvgIpc) is 2.40. The Balaban J connectivity index is 2.31. The number of ether oxygens (including phenoxy) is 1. The minimum absolute atomic E-state index is 0.0598. The molecule has 5 heteroatoms. The van der Waals surface area contributed by atoms with Crippen molar-refractivity contribution in [3.63, 3.8) is 0 Å². The van der Waals surface area contributed by atoms with Gasteiger partial charge in [-0.2, -0.15) is 0 Å². The summed E-state index contributed by atoms with van der Waals surface area (Å²) in [5.41, 5.74) is 1.02. The fourth-order valence-corrected chi connectivity index (χ4v) is 3.01. The quantitative estimate of drug-likeness (QED) is 0.616. The molecule has 0 amide bonds. The van der Waals surface area contributed by atoms with Crippen molar-refractivity contribution in [1.29, 1.82) is 0 Å². The third-order valence-electron chi connectivity index (χ3n) is 3.06. The number of thiocarbonyl (C=S) groups is 1. The van der Waals surface area contributed by atoms with Gasteiger partial charge in [0.15, 0.2) is 5.11 Å². The molecule has 128 valence electrons. The maximum absolute atomic E-state index is 11.7. The predicted molar refractivity (Wildman–Crippen MR) is 98.1 cm³/mol. The molecule has 1 rings (SSSR count). The highest BCUT2D eigenvalue weighted by Gasteiger charge is 2.26. The van der Waals surface area contributed by atoms with Crippen LogP contribution in [0.15, 0.2) is 30.3 Å². The van der Waals surface area contributed by atoms with E-state index < -0.39 is 0 Å². The zero-order valence-corrected chi connectivity index (χ0v) is 15.5. The lowest BCUT2D eigenvalue weighted by atomic mass is 9.82. The van der Waals surface area contributed by atoms with Gasteiger partial charge in [-0.1, -0.05) is 51.1 Å². The van der Waals surface area contributed by atoms with E-state index in [1.165, 1.54) is 0 Å². The summed E-state index contributed by atoms with van der Waals surface area (Å²) in [4.78, 5) is 11.7. The highest BCUT2D eigenvalue weighted by atomic mass is 32.1. The summed E-state index contributed by atoms with van der Waals surface area (Å²) in [6, 6.07) is 9.59. The smallest absolute Gasteiger partial charge is 0.325 e. The molecule has 0 heterocycles. The van der Waals surface area contributed by atoms with Gasteiger partial charge in [0.2, 0.25) is 0 Å². The molecule has 0 bridgehead atoms. The van der Waals surface area contributed by atoms with Crippen LogP contribution in [0.4, 0.5) is 0 Å². The molecule has 0 unspecified atom stereocenters. The summed E-state index contributed by atoms with van der Waals surface area (Å²) in [7, 11) is 0. The van der Waals surface area contributed by atoms with Gasteiger partial charge in [-0.25, -0.2) is 0 Å². The van der Waals surface area contributed by atoms with E-state index in [1.54, 1.807) is 0 Å². The van der Waals surface area contributed by atoms with Crippen molar-refractivity contribution in [2.45, 2.75) is 53.2 Å². The van der Waals surface area contributed by atoms with Crippen molar-refractivity contribution in [2.24, 2.45) is 5.41 Å². The van der Waals surface area contributed by atoms with Crippen LogP contribution in [0.2, 0.25) is 0 Å². The summed E-state index contributed by atoms with van der Waals surface area (Å²) in [6.45, 7) is 11.1. The van der Waals surface area contributed by atoms with Crippen molar-refractivity contribution in [3.05, 3.63) is 35.9 Å². The fourth-order valence-electron chi connectivity index (χ4n) is 2.66. The molecule has 2 N–H and O–H groups in total. The molecule has 0 aromatic heterocycles. The molecule has 0 atom stereocenters. The van der Waals surface area contributed by atoms with Gasteiger partial charge in [0.25, 0.3) is 0 Å². The van der Waals surface area contributed by atoms with Crippen LogP contribution in [0.1, 0.15) is 46.6 Å². The summed E-state index contributed by atoms with van der Waals surface area (Å²) in [5, 5.41) is 6.63. The van der Waals surface area contributed by atoms with Crippen LogP contribution in [0, 0.1) is 5.41 Å². The van der Waals surface area contributed by atoms with E-state index in [9.17, 15) is 4.79 Å². The Morgan fingerprint density at radius 1 is 1.13 bits per heavy atom. The van der Waals surface area contributed by atoms with Crippen LogP contribution in [-0.4, -0.2) is 23.2 Å². The van der Waals surface area contributed by atoms with Crippen molar-refractivity contribution in [3.8, 4) is 0 Å². The van der Waals surface area contributed by atoms with Crippen LogP contribution in [0.5, 0.6) is 0 Å². The Morgan fingerprint density at radius 2 is 1.74 bits per heavy atom. The molecule has 0 radical (unpaired) electrons. The van der Waals surface area contributed by atoms with Crippen LogP contribution >= 0.6 is 12.2 Å². The normalized spacial score (nSPS) is 11.7. The first kappa shape index (κ1) is 19.4. The molecular formula is C18H28N2O2S. The van der Waals surface area contributed by atoms with E-state index in [4.69, 9.17) is 17.0 Å². The number of hydrogen-bond donors (Lipinski definition) is 2. The lowest BCUT2D eigenvalue weighted by molar-refractivity contribution is -0.143. The Labute approximate surface area is 145 Å². The molecule has 0 spiro atoms. The first-order chi connectivity index (χ1) is 10.6. The second-order valence-corrected chi connectivity index (χ2v) is 7.98. The van der Waals surface area contributed by atoms with E-state index in [0.29, 0.717) is 5.11 Å². The van der Waals surface area contributed by atoms with E-state index in [1.807, 2.05) is 30.3 Å². The Kier molecular flexibility index (Phi) is 7.01. The topological polar surface area (TPSA) is 50.4 Å². The lowest BCUT2D eigenvalue weighted by Gasteiger charge is -2.34. The number of nitrogens with one attached hydrogen (secondary N) is 2. The second-order valence-electron chi connectivity index (χ2n) is 7.58. The summed E-state index contributed by atoms with van der Waals surface area (Å²) >= 11 is 5.26. The molecule has 0 aliphatic rings. The lowest BCUT2D eigenvalue weighted by Crippen LogP contribution is -2.50. The van der Waals surface area contributed by atoms with Crippen molar-refractivity contribution < 1.29 is 9.53 Å². The highest BCUT2D eigenvalue weighted by Crippen LogP contribution is 2.26. The number of carbonyl (C=O) groups is 1. The Morgan fingerprint density at radius 3 is 2.30 bits per heavy atom. The first-order valence-electron chi connectivity index (χ1n) is 7.83. The number of rotatable bonds is 6. The summed E-state index contributed by atoms with van der Waals surface area (Å²) in [6.07, 6.45) is 0.959. The van der Waals surface area contributed by atoms with Gasteiger partial charge < -0.3 is 15.4 Å². The molecule has 1 aromatic carbocycles. The van der Waals surface area contributed by atoms with Gasteiger partial charge in [-0.15, -0.1) is 0 Å². The molecule has 0 aliphatic heterocycles. The molecule has 0 fully saturated rings. The zero-order valence-electron chi connectivity index (χ0n) is 14.7. The van der Waals surface area contributed by atoms with E-state index >= 15 is 0 Å². The standard InChI is InChI=1S/C18H28N2O2S/c1-17(2,3)13-18(4,5)20-16(23)19-11-15(21)22-12-14-9-7-6-8-10-14/h6-10H,11-13H2,1-5H3,(H2,19,20,23). The SMILES string of the molecule is CC(C)(C)CC(C)(C)NC(=S)NCC(=O)OCc1ccccc1. The maximum atomic E-state index is 11.7. The minimum Gasteiger partial charge on any atom is -0.460 e. The van der Waals surface area contributed by atoms with Crippen molar-refractivity contribution in [1.82, 2.24) is 10.6 Å². The molecule has 23 heavy (non-hydrogen) atoms. The van der Waals surface area contributed by atoms with Crippen LogP contribution in [0.3, 0.4) is 0 Å². The number of benzene rings is 1. The van der Waals surface area contributed by atoms with Gasteiger partial charge in [0.1, 0.15) is 13.2 Å². The van der Waals surface area contributed by atoms with Crippen LogP contribution in [0.25, 0.3) is 0 Å². The molecular weight excluding hydrogens is 308 g/mol. The van der Waals surface area contributed by atoms with Crippen LogP contribution in [-0.2, 0) is 16.1 Å². The summed E-state index contributed by atoms with van der Waals surface area (Å²) < 4.78 is 5.20. The largest absolute Gasteiger partial charge is 0.460 e. The first-order valence-corrected chi connectivity index (χ1v) is 8.24. The van der Waals surface area contributed by atoms with Gasteiger partial charge in [-0.05, 0) is 43.5 Å². The third-order valence-corrected chi connectivity index (χ3v) is 3.31. The molecule has 1 aromatic rings. The van der Waals surface area contributed by atoms with Gasteiger partial charge >= 0.3 is 5.97 Å². The van der Waals surface area contributed by atoms with E-state index in [0.717, 1.165) is 12.0 Å². The number of hydrogen-bond acceptors (Lipinski definition) is 3. The van der Waals surface area contributed by atoms with Gasteiger partial charge in [0, 0.05) is 5.54 Å². The molecule has 0 aliphatic carbocycles.